The zero-order chi connectivity index (χ0) is 36.5. The van der Waals surface area contributed by atoms with Crippen molar-refractivity contribution in [3.63, 3.8) is 0 Å². The van der Waals surface area contributed by atoms with E-state index in [1.165, 1.54) is 11.1 Å². The van der Waals surface area contributed by atoms with Crippen molar-refractivity contribution in [3.8, 4) is 78.5 Å². The lowest BCUT2D eigenvalue weighted by molar-refractivity contribution is 0.478. The Kier molecular flexibility index (Phi) is 9.53. The molecule has 6 aromatic carbocycles. The van der Waals surface area contributed by atoms with E-state index in [0.29, 0.717) is 11.8 Å². The predicted molar refractivity (Wildman–Crippen MR) is 218 cm³/mol. The standard InChI is InChI=1S/C49H45NO2/c1-30(2)34-16-7-9-18-36(34)42-26-32(5)28-44(48(42)51)38-20-11-13-22-40(38)46-24-15-25-47(50-46)41-23-14-12-21-39(41)45-29-33(6)27-43(49(45)52)37-19-10-8-17-35(37)31(3)4/h7-31,51-52H,1-6H3. The molecule has 1 heterocycles. The largest absolute Gasteiger partial charge is 0.507 e. The molecule has 0 aliphatic heterocycles. The summed E-state index contributed by atoms with van der Waals surface area (Å²) in [5, 5.41) is 23.9. The first kappa shape index (κ1) is 34.5. The van der Waals surface area contributed by atoms with E-state index in [2.05, 4.69) is 126 Å². The van der Waals surface area contributed by atoms with E-state index in [4.69, 9.17) is 4.98 Å². The molecule has 0 bridgehead atoms. The molecule has 0 aliphatic carbocycles. The summed E-state index contributed by atoms with van der Waals surface area (Å²) in [4.78, 5) is 5.26. The average molecular weight is 680 g/mol. The van der Waals surface area contributed by atoms with Crippen LogP contribution in [0.25, 0.3) is 67.0 Å². The van der Waals surface area contributed by atoms with Crippen molar-refractivity contribution in [1.82, 2.24) is 4.98 Å². The summed E-state index contributed by atoms with van der Waals surface area (Å²) >= 11 is 0. The maximum Gasteiger partial charge on any atom is 0.131 e. The number of benzene rings is 6. The number of hydrogen-bond donors (Lipinski definition) is 2. The second kappa shape index (κ2) is 14.4. The number of pyridine rings is 1. The highest BCUT2D eigenvalue weighted by molar-refractivity contribution is 5.93. The zero-order valence-electron chi connectivity index (χ0n) is 30.8. The summed E-state index contributed by atoms with van der Waals surface area (Å²) in [5.74, 6) is 1.14. The third-order valence-electron chi connectivity index (χ3n) is 9.99. The highest BCUT2D eigenvalue weighted by Crippen LogP contribution is 2.46. The number of phenolic OH excluding ortho intramolecular Hbond substituents is 2. The molecule has 2 N–H and O–H groups in total. The first-order valence-electron chi connectivity index (χ1n) is 18.1. The average Bonchev–Trinajstić information content (AvgIpc) is 3.16. The molecule has 0 aliphatic rings. The number of aromatic nitrogens is 1. The Balaban J connectivity index is 1.35. The van der Waals surface area contributed by atoms with Gasteiger partial charge in [-0.3, -0.25) is 0 Å². The highest BCUT2D eigenvalue weighted by Gasteiger charge is 2.21. The van der Waals surface area contributed by atoms with Crippen LogP contribution in [0.4, 0.5) is 0 Å². The maximum atomic E-state index is 11.9. The van der Waals surface area contributed by atoms with E-state index in [1.807, 2.05) is 54.6 Å². The second-order valence-corrected chi connectivity index (χ2v) is 14.4. The van der Waals surface area contributed by atoms with Crippen molar-refractivity contribution >= 4 is 0 Å². The van der Waals surface area contributed by atoms with Gasteiger partial charge in [-0.05, 0) is 107 Å². The summed E-state index contributed by atoms with van der Waals surface area (Å²) < 4.78 is 0. The molecule has 0 fully saturated rings. The molecule has 0 unspecified atom stereocenters. The molecule has 1 aromatic heterocycles. The van der Waals surface area contributed by atoms with E-state index >= 15 is 0 Å². The normalized spacial score (nSPS) is 11.4. The Hall–Kier alpha value is -5.93. The molecule has 0 saturated carbocycles. The van der Waals surface area contributed by atoms with Gasteiger partial charge in [0.15, 0.2) is 0 Å². The first-order valence-corrected chi connectivity index (χ1v) is 18.1. The van der Waals surface area contributed by atoms with Crippen LogP contribution in [0.1, 0.15) is 61.8 Å². The van der Waals surface area contributed by atoms with Crippen molar-refractivity contribution in [2.24, 2.45) is 0 Å². The number of hydrogen-bond acceptors (Lipinski definition) is 3. The topological polar surface area (TPSA) is 53.4 Å². The lowest BCUT2D eigenvalue weighted by Crippen LogP contribution is -1.96. The van der Waals surface area contributed by atoms with Gasteiger partial charge in [0, 0.05) is 33.4 Å². The minimum Gasteiger partial charge on any atom is -0.507 e. The Bertz CT molecular complexity index is 2250. The van der Waals surface area contributed by atoms with Crippen LogP contribution in [0.3, 0.4) is 0 Å². The summed E-state index contributed by atoms with van der Waals surface area (Å²) in [6.45, 7) is 12.9. The van der Waals surface area contributed by atoms with Crippen molar-refractivity contribution in [1.29, 1.82) is 0 Å². The Morgan fingerprint density at radius 1 is 0.365 bits per heavy atom. The molecule has 0 spiro atoms. The number of nitrogens with zero attached hydrogens (tertiary/aromatic N) is 1. The van der Waals surface area contributed by atoms with Gasteiger partial charge in [0.05, 0.1) is 11.4 Å². The molecular formula is C49H45NO2. The van der Waals surface area contributed by atoms with Crippen LogP contribution in [0.15, 0.2) is 140 Å². The summed E-state index contributed by atoms with van der Waals surface area (Å²) in [6.07, 6.45) is 0. The number of rotatable bonds is 8. The minimum atomic E-state index is 0.261. The molecule has 0 radical (unpaired) electrons. The smallest absolute Gasteiger partial charge is 0.131 e. The van der Waals surface area contributed by atoms with Crippen molar-refractivity contribution in [3.05, 3.63) is 162 Å². The fourth-order valence-corrected chi connectivity index (χ4v) is 7.49. The molecule has 258 valence electrons. The van der Waals surface area contributed by atoms with E-state index < -0.39 is 0 Å². The quantitative estimate of drug-likeness (QED) is 0.168. The number of aromatic hydroxyl groups is 2. The van der Waals surface area contributed by atoms with E-state index in [9.17, 15) is 10.2 Å². The van der Waals surface area contributed by atoms with E-state index in [-0.39, 0.29) is 11.5 Å². The molecular weight excluding hydrogens is 635 g/mol. The first-order chi connectivity index (χ1) is 25.1. The zero-order valence-corrected chi connectivity index (χ0v) is 30.8. The van der Waals surface area contributed by atoms with Crippen LogP contribution in [-0.4, -0.2) is 15.2 Å². The maximum absolute atomic E-state index is 11.9. The lowest BCUT2D eigenvalue weighted by Gasteiger charge is -2.19. The van der Waals surface area contributed by atoms with Gasteiger partial charge in [-0.1, -0.05) is 131 Å². The molecule has 0 atom stereocenters. The van der Waals surface area contributed by atoms with Gasteiger partial charge < -0.3 is 10.2 Å². The van der Waals surface area contributed by atoms with Crippen molar-refractivity contribution < 1.29 is 10.2 Å². The monoisotopic (exact) mass is 679 g/mol. The molecule has 3 heteroatoms. The van der Waals surface area contributed by atoms with Gasteiger partial charge in [0.2, 0.25) is 0 Å². The summed E-state index contributed by atoms with van der Waals surface area (Å²) in [5.41, 5.74) is 15.1. The minimum absolute atomic E-state index is 0.261. The van der Waals surface area contributed by atoms with Crippen LogP contribution >= 0.6 is 0 Å². The molecule has 0 amide bonds. The highest BCUT2D eigenvalue weighted by atomic mass is 16.3. The Morgan fingerprint density at radius 3 is 1.04 bits per heavy atom. The van der Waals surface area contributed by atoms with Crippen LogP contribution in [-0.2, 0) is 0 Å². The van der Waals surface area contributed by atoms with Gasteiger partial charge in [-0.25, -0.2) is 4.98 Å². The summed E-state index contributed by atoms with van der Waals surface area (Å²) in [6, 6.07) is 47.3. The molecule has 52 heavy (non-hydrogen) atoms. The fourth-order valence-electron chi connectivity index (χ4n) is 7.49. The lowest BCUT2D eigenvalue weighted by atomic mass is 9.87. The number of aryl methyl sites for hydroxylation is 2. The summed E-state index contributed by atoms with van der Waals surface area (Å²) in [7, 11) is 0. The Morgan fingerprint density at radius 2 is 0.673 bits per heavy atom. The van der Waals surface area contributed by atoms with Gasteiger partial charge in [-0.2, -0.15) is 0 Å². The van der Waals surface area contributed by atoms with Crippen molar-refractivity contribution in [2.45, 2.75) is 53.4 Å². The third-order valence-corrected chi connectivity index (χ3v) is 9.99. The molecule has 0 saturated heterocycles. The second-order valence-electron chi connectivity index (χ2n) is 14.4. The third kappa shape index (κ3) is 6.51. The van der Waals surface area contributed by atoms with Crippen LogP contribution in [0.5, 0.6) is 11.5 Å². The van der Waals surface area contributed by atoms with Crippen molar-refractivity contribution in [2.75, 3.05) is 0 Å². The van der Waals surface area contributed by atoms with Gasteiger partial charge in [0.1, 0.15) is 11.5 Å². The van der Waals surface area contributed by atoms with Gasteiger partial charge in [0.25, 0.3) is 0 Å². The van der Waals surface area contributed by atoms with Gasteiger partial charge >= 0.3 is 0 Å². The molecule has 7 aromatic rings. The van der Waals surface area contributed by atoms with Crippen LogP contribution in [0.2, 0.25) is 0 Å². The SMILES string of the molecule is Cc1cc(-c2ccccc2-c2cccc(-c3ccccc3-c3cc(C)cc(-c4ccccc4C(C)C)c3O)n2)c(O)c(-c2ccccc2C(C)C)c1. The van der Waals surface area contributed by atoms with Crippen LogP contribution < -0.4 is 0 Å². The van der Waals surface area contributed by atoms with Crippen LogP contribution in [0, 0.1) is 13.8 Å². The van der Waals surface area contributed by atoms with Gasteiger partial charge in [-0.15, -0.1) is 0 Å². The molecule has 7 rings (SSSR count). The number of phenols is 2. The van der Waals surface area contributed by atoms with E-state index in [1.54, 1.807) is 0 Å². The Labute approximate surface area is 308 Å². The fraction of sp³-hybridized carbons (Fsp3) is 0.163. The van der Waals surface area contributed by atoms with E-state index in [0.717, 1.165) is 78.1 Å². The predicted octanol–water partition coefficient (Wildman–Crippen LogP) is 13.4. The molecule has 3 nitrogen and oxygen atoms in total.